The molecule has 0 radical (unpaired) electrons. The first-order chi connectivity index (χ1) is 13.4. The summed E-state index contributed by atoms with van der Waals surface area (Å²) in [4.78, 5) is 14.9. The fourth-order valence-electron chi connectivity index (χ4n) is 2.84. The lowest BCUT2D eigenvalue weighted by atomic mass is 10.2. The zero-order valence-electron chi connectivity index (χ0n) is 15.2. The third-order valence-corrected chi connectivity index (χ3v) is 6.18. The van der Waals surface area contributed by atoms with Crippen molar-refractivity contribution in [2.45, 2.75) is 11.4 Å². The Morgan fingerprint density at radius 3 is 2.75 bits per heavy atom. The number of nitrogens with one attached hydrogen (secondary N) is 1. The number of nitro groups is 1. The number of nitro benzene ring substituents is 1. The molecular weight excluding hydrogens is 388 g/mol. The van der Waals surface area contributed by atoms with E-state index in [0.29, 0.717) is 24.7 Å². The average Bonchev–Trinajstić information content (AvgIpc) is 2.72. The molecule has 1 aromatic carbocycles. The summed E-state index contributed by atoms with van der Waals surface area (Å²) in [5.74, 6) is 0.407. The number of rotatable bonds is 7. The minimum Gasteiger partial charge on any atom is -0.481 e. The normalized spacial score (nSPS) is 15.2. The molecule has 1 aliphatic heterocycles. The number of nitrogens with zero attached hydrogens (tertiary/aromatic N) is 3. The number of hydrogen-bond donors (Lipinski definition) is 1. The molecule has 1 saturated heterocycles. The Hall–Kier alpha value is -2.76. The highest BCUT2D eigenvalue weighted by atomic mass is 32.2. The third kappa shape index (κ3) is 4.21. The maximum absolute atomic E-state index is 12.7. The maximum atomic E-state index is 12.7. The van der Waals surface area contributed by atoms with E-state index in [1.807, 2.05) is 0 Å². The Labute approximate surface area is 162 Å². The summed E-state index contributed by atoms with van der Waals surface area (Å²) in [6.45, 7) is 1.27. The highest BCUT2D eigenvalue weighted by Gasteiger charge is 2.28. The van der Waals surface area contributed by atoms with E-state index in [-0.39, 0.29) is 35.9 Å². The summed E-state index contributed by atoms with van der Waals surface area (Å²) in [5, 5.41) is 14.5. The average molecular weight is 408 g/mol. The number of benzene rings is 1. The van der Waals surface area contributed by atoms with Gasteiger partial charge in [0, 0.05) is 37.5 Å². The fourth-order valence-corrected chi connectivity index (χ4v) is 4.27. The Kier molecular flexibility index (Phi) is 6.07. The maximum Gasteiger partial charge on any atom is 0.293 e. The molecule has 11 heteroatoms. The SMILES string of the molecule is COc1ncccc1CNc1ccc(S(=O)(=O)N2CCOCC2)cc1[N+](=O)[O-]. The first-order valence-corrected chi connectivity index (χ1v) is 9.95. The van der Waals surface area contributed by atoms with Gasteiger partial charge in [-0.25, -0.2) is 13.4 Å². The molecule has 0 unspecified atom stereocenters. The van der Waals surface area contributed by atoms with Crippen LogP contribution in [0.5, 0.6) is 5.88 Å². The fraction of sp³-hybridized carbons (Fsp3) is 0.353. The molecule has 0 bridgehead atoms. The summed E-state index contributed by atoms with van der Waals surface area (Å²) in [6.07, 6.45) is 1.58. The standard InChI is InChI=1S/C17H20N4O6S/c1-26-17-13(3-2-6-18-17)12-19-15-5-4-14(11-16(15)21(22)23)28(24,25)20-7-9-27-10-8-20/h2-6,11,19H,7-10,12H2,1H3. The van der Waals surface area contributed by atoms with Crippen LogP contribution in [0, 0.1) is 10.1 Å². The molecule has 0 atom stereocenters. The number of hydrogen-bond acceptors (Lipinski definition) is 8. The number of ether oxygens (including phenoxy) is 2. The molecule has 10 nitrogen and oxygen atoms in total. The highest BCUT2D eigenvalue weighted by molar-refractivity contribution is 7.89. The van der Waals surface area contributed by atoms with Crippen molar-refractivity contribution in [3.63, 3.8) is 0 Å². The monoisotopic (exact) mass is 408 g/mol. The van der Waals surface area contributed by atoms with Crippen molar-refractivity contribution in [3.05, 3.63) is 52.2 Å². The summed E-state index contributed by atoms with van der Waals surface area (Å²) in [6, 6.07) is 7.34. The van der Waals surface area contributed by atoms with Crippen LogP contribution in [0.15, 0.2) is 41.4 Å². The molecule has 150 valence electrons. The number of anilines is 1. The van der Waals surface area contributed by atoms with Crippen molar-refractivity contribution < 1.29 is 22.8 Å². The van der Waals surface area contributed by atoms with E-state index in [4.69, 9.17) is 9.47 Å². The summed E-state index contributed by atoms with van der Waals surface area (Å²) < 4.78 is 37.1. The van der Waals surface area contributed by atoms with E-state index < -0.39 is 14.9 Å². The number of morpholine rings is 1. The van der Waals surface area contributed by atoms with Crippen LogP contribution in [0.1, 0.15) is 5.56 Å². The molecule has 1 aliphatic rings. The van der Waals surface area contributed by atoms with Crippen LogP contribution in [0.2, 0.25) is 0 Å². The van der Waals surface area contributed by atoms with Gasteiger partial charge in [-0.2, -0.15) is 4.31 Å². The Balaban J connectivity index is 1.86. The van der Waals surface area contributed by atoms with Crippen LogP contribution in [-0.2, 0) is 21.3 Å². The first kappa shape index (κ1) is 20.0. The minimum atomic E-state index is -3.82. The predicted molar refractivity (Wildman–Crippen MR) is 101 cm³/mol. The van der Waals surface area contributed by atoms with Gasteiger partial charge in [-0.3, -0.25) is 10.1 Å². The lowest BCUT2D eigenvalue weighted by molar-refractivity contribution is -0.384. The molecule has 3 rings (SSSR count). The van der Waals surface area contributed by atoms with Gasteiger partial charge >= 0.3 is 0 Å². The molecule has 0 amide bonds. The number of aromatic nitrogens is 1. The van der Waals surface area contributed by atoms with Crippen LogP contribution < -0.4 is 10.1 Å². The zero-order chi connectivity index (χ0) is 20.1. The molecule has 1 aromatic heterocycles. The first-order valence-electron chi connectivity index (χ1n) is 8.51. The molecule has 0 saturated carbocycles. The minimum absolute atomic E-state index is 0.120. The predicted octanol–water partition coefficient (Wildman–Crippen LogP) is 1.63. The molecule has 0 spiro atoms. The molecular formula is C17H20N4O6S. The van der Waals surface area contributed by atoms with Crippen molar-refractivity contribution in [1.29, 1.82) is 0 Å². The van der Waals surface area contributed by atoms with Crippen LogP contribution in [0.3, 0.4) is 0 Å². The van der Waals surface area contributed by atoms with Crippen LogP contribution in [0.25, 0.3) is 0 Å². The van der Waals surface area contributed by atoms with E-state index >= 15 is 0 Å². The molecule has 1 N–H and O–H groups in total. The van der Waals surface area contributed by atoms with E-state index in [1.54, 1.807) is 18.3 Å². The molecule has 1 fully saturated rings. The van der Waals surface area contributed by atoms with E-state index in [0.717, 1.165) is 6.07 Å². The van der Waals surface area contributed by atoms with Gasteiger partial charge < -0.3 is 14.8 Å². The van der Waals surface area contributed by atoms with E-state index in [9.17, 15) is 18.5 Å². The number of methoxy groups -OCH3 is 1. The highest BCUT2D eigenvalue weighted by Crippen LogP contribution is 2.30. The molecule has 2 heterocycles. The molecule has 2 aromatic rings. The second-order valence-corrected chi connectivity index (χ2v) is 7.92. The summed E-state index contributed by atoms with van der Waals surface area (Å²) in [7, 11) is -2.34. The van der Waals surface area contributed by atoms with Gasteiger partial charge in [0.2, 0.25) is 15.9 Å². The van der Waals surface area contributed by atoms with Gasteiger partial charge in [-0.15, -0.1) is 0 Å². The Bertz CT molecular complexity index is 960. The quantitative estimate of drug-likeness (QED) is 0.541. The number of sulfonamides is 1. The van der Waals surface area contributed by atoms with Crippen molar-refractivity contribution in [1.82, 2.24) is 9.29 Å². The van der Waals surface area contributed by atoms with Gasteiger partial charge in [0.05, 0.1) is 30.1 Å². The second-order valence-electron chi connectivity index (χ2n) is 5.98. The van der Waals surface area contributed by atoms with Crippen molar-refractivity contribution in [2.75, 3.05) is 38.7 Å². The summed E-state index contributed by atoms with van der Waals surface area (Å²) >= 11 is 0. The van der Waals surface area contributed by atoms with Gasteiger partial charge in [0.1, 0.15) is 5.69 Å². The van der Waals surface area contributed by atoms with Crippen LogP contribution >= 0.6 is 0 Å². The van der Waals surface area contributed by atoms with Gasteiger partial charge in [0.15, 0.2) is 0 Å². The smallest absolute Gasteiger partial charge is 0.293 e. The molecule has 0 aliphatic carbocycles. The van der Waals surface area contributed by atoms with E-state index in [1.165, 1.54) is 23.5 Å². The summed E-state index contributed by atoms with van der Waals surface area (Å²) in [5.41, 5.74) is 0.596. The number of pyridine rings is 1. The second kappa shape index (κ2) is 8.50. The van der Waals surface area contributed by atoms with E-state index in [2.05, 4.69) is 10.3 Å². The largest absolute Gasteiger partial charge is 0.481 e. The lowest BCUT2D eigenvalue weighted by Gasteiger charge is -2.26. The topological polar surface area (TPSA) is 124 Å². The van der Waals surface area contributed by atoms with Gasteiger partial charge in [-0.1, -0.05) is 6.07 Å². The van der Waals surface area contributed by atoms with Gasteiger partial charge in [-0.05, 0) is 18.2 Å². The van der Waals surface area contributed by atoms with Crippen LogP contribution in [-0.4, -0.2) is 56.0 Å². The lowest BCUT2D eigenvalue weighted by Crippen LogP contribution is -2.40. The Morgan fingerprint density at radius 1 is 1.32 bits per heavy atom. The molecule has 28 heavy (non-hydrogen) atoms. The van der Waals surface area contributed by atoms with Crippen molar-refractivity contribution in [2.24, 2.45) is 0 Å². The Morgan fingerprint density at radius 2 is 2.07 bits per heavy atom. The van der Waals surface area contributed by atoms with Gasteiger partial charge in [0.25, 0.3) is 5.69 Å². The third-order valence-electron chi connectivity index (χ3n) is 4.29. The van der Waals surface area contributed by atoms with Crippen molar-refractivity contribution in [3.8, 4) is 5.88 Å². The zero-order valence-corrected chi connectivity index (χ0v) is 16.0. The van der Waals surface area contributed by atoms with Crippen LogP contribution in [0.4, 0.5) is 11.4 Å². The van der Waals surface area contributed by atoms with Crippen molar-refractivity contribution >= 4 is 21.4 Å².